The van der Waals surface area contributed by atoms with Gasteiger partial charge in [-0.15, -0.1) is 0 Å². The summed E-state index contributed by atoms with van der Waals surface area (Å²) in [6, 6.07) is 6.04. The Morgan fingerprint density at radius 1 is 1.26 bits per heavy atom. The lowest BCUT2D eigenvalue weighted by Gasteiger charge is -2.21. The third-order valence-corrected chi connectivity index (χ3v) is 3.91. The van der Waals surface area contributed by atoms with Crippen molar-refractivity contribution in [3.8, 4) is 0 Å². The molecule has 1 aromatic rings. The molecule has 0 radical (unpaired) electrons. The number of carbonyl (C=O) groups is 2. The molecule has 1 amide bonds. The van der Waals surface area contributed by atoms with E-state index in [2.05, 4.69) is 0 Å². The third kappa shape index (κ3) is 2.48. The molecule has 4 nitrogen and oxygen atoms in total. The zero-order valence-corrected chi connectivity index (χ0v) is 11.6. The topological polar surface area (TPSA) is 57.6 Å². The Labute approximate surface area is 113 Å². The Balaban J connectivity index is 2.09. The van der Waals surface area contributed by atoms with Gasteiger partial charge in [-0.1, -0.05) is 18.2 Å². The van der Waals surface area contributed by atoms with Crippen molar-refractivity contribution in [3.05, 3.63) is 34.9 Å². The minimum absolute atomic E-state index is 0.279. The van der Waals surface area contributed by atoms with E-state index in [1.165, 1.54) is 16.0 Å². The van der Waals surface area contributed by atoms with Crippen LogP contribution in [-0.4, -0.2) is 28.9 Å². The molecule has 1 N–H and O–H groups in total. The van der Waals surface area contributed by atoms with E-state index in [4.69, 9.17) is 5.11 Å². The zero-order chi connectivity index (χ0) is 14.2. The third-order valence-electron chi connectivity index (χ3n) is 3.91. The number of carboxylic acids is 1. The van der Waals surface area contributed by atoms with Crippen molar-refractivity contribution in [1.29, 1.82) is 0 Å². The van der Waals surface area contributed by atoms with Crippen LogP contribution >= 0.6 is 0 Å². The number of amides is 1. The number of hydrogen-bond acceptors (Lipinski definition) is 2. The van der Waals surface area contributed by atoms with Crippen molar-refractivity contribution < 1.29 is 14.7 Å². The smallest absolute Gasteiger partial charge is 0.319 e. The fourth-order valence-corrected chi connectivity index (χ4v) is 2.26. The van der Waals surface area contributed by atoms with E-state index in [1.54, 1.807) is 7.05 Å². The van der Waals surface area contributed by atoms with Crippen molar-refractivity contribution in [2.24, 2.45) is 5.41 Å². The summed E-state index contributed by atoms with van der Waals surface area (Å²) in [6.07, 6.45) is 0.914. The SMILES string of the molecule is Cc1ccc(CN(C)C(=O)C2(C(=O)O)CC2)cc1C. The molecule has 1 saturated carbocycles. The Morgan fingerprint density at radius 2 is 1.89 bits per heavy atom. The highest BCUT2D eigenvalue weighted by atomic mass is 16.4. The molecule has 0 heterocycles. The summed E-state index contributed by atoms with van der Waals surface area (Å²) in [5, 5.41) is 9.12. The van der Waals surface area contributed by atoms with Crippen LogP contribution in [0.4, 0.5) is 0 Å². The van der Waals surface area contributed by atoms with Gasteiger partial charge in [-0.05, 0) is 43.4 Å². The van der Waals surface area contributed by atoms with Crippen LogP contribution in [0.1, 0.15) is 29.5 Å². The van der Waals surface area contributed by atoms with Gasteiger partial charge in [0.25, 0.3) is 0 Å². The molecule has 0 unspecified atom stereocenters. The average molecular weight is 261 g/mol. The molecule has 0 aromatic heterocycles. The van der Waals surface area contributed by atoms with Crippen molar-refractivity contribution in [3.63, 3.8) is 0 Å². The summed E-state index contributed by atoms with van der Waals surface area (Å²) in [4.78, 5) is 24.8. The minimum atomic E-state index is -1.14. The zero-order valence-electron chi connectivity index (χ0n) is 11.6. The number of carbonyl (C=O) groups excluding carboxylic acids is 1. The van der Waals surface area contributed by atoms with Gasteiger partial charge in [-0.3, -0.25) is 9.59 Å². The molecule has 4 heteroatoms. The molecule has 1 aromatic carbocycles. The normalized spacial score (nSPS) is 15.9. The van der Waals surface area contributed by atoms with Crippen molar-refractivity contribution in [2.45, 2.75) is 33.2 Å². The van der Waals surface area contributed by atoms with Crippen LogP contribution in [0.5, 0.6) is 0 Å². The lowest BCUT2D eigenvalue weighted by Crippen LogP contribution is -2.38. The van der Waals surface area contributed by atoms with E-state index in [0.29, 0.717) is 19.4 Å². The molecule has 1 aliphatic carbocycles. The molecule has 0 bridgehead atoms. The van der Waals surface area contributed by atoms with Gasteiger partial charge in [0.15, 0.2) is 0 Å². The van der Waals surface area contributed by atoms with Crippen molar-refractivity contribution in [1.82, 2.24) is 4.90 Å². The second-order valence-corrected chi connectivity index (χ2v) is 5.47. The lowest BCUT2D eigenvalue weighted by atomic mass is 10.0. The summed E-state index contributed by atoms with van der Waals surface area (Å²) in [5.74, 6) is -1.28. The maximum absolute atomic E-state index is 12.2. The number of aryl methyl sites for hydroxylation is 2. The fourth-order valence-electron chi connectivity index (χ4n) is 2.26. The summed E-state index contributed by atoms with van der Waals surface area (Å²) in [6.45, 7) is 4.52. The molecule has 1 aliphatic rings. The first-order chi connectivity index (χ1) is 8.86. The summed E-state index contributed by atoms with van der Waals surface area (Å²) in [5.41, 5.74) is 2.27. The summed E-state index contributed by atoms with van der Waals surface area (Å²) in [7, 11) is 1.67. The average Bonchev–Trinajstić information content (AvgIpc) is 3.14. The van der Waals surface area contributed by atoms with E-state index in [-0.39, 0.29) is 5.91 Å². The number of nitrogens with zero attached hydrogens (tertiary/aromatic N) is 1. The predicted octanol–water partition coefficient (Wildman–Crippen LogP) is 2.13. The van der Waals surface area contributed by atoms with Gasteiger partial charge >= 0.3 is 5.97 Å². The van der Waals surface area contributed by atoms with Crippen LogP contribution in [0.25, 0.3) is 0 Å². The first-order valence-electron chi connectivity index (χ1n) is 6.42. The molecule has 102 valence electrons. The van der Waals surface area contributed by atoms with Gasteiger partial charge < -0.3 is 10.0 Å². The highest BCUT2D eigenvalue weighted by molar-refractivity contribution is 6.04. The number of benzene rings is 1. The minimum Gasteiger partial charge on any atom is -0.480 e. The molecular weight excluding hydrogens is 242 g/mol. The molecule has 0 saturated heterocycles. The standard InChI is InChI=1S/C15H19NO3/c1-10-4-5-12(8-11(10)2)9-16(3)13(17)15(6-7-15)14(18)19/h4-5,8H,6-7,9H2,1-3H3,(H,18,19). The second kappa shape index (κ2) is 4.68. The predicted molar refractivity (Wildman–Crippen MR) is 71.7 cm³/mol. The molecule has 19 heavy (non-hydrogen) atoms. The van der Waals surface area contributed by atoms with E-state index in [0.717, 1.165) is 5.56 Å². The van der Waals surface area contributed by atoms with Gasteiger partial charge in [0, 0.05) is 13.6 Å². The Morgan fingerprint density at radius 3 is 2.37 bits per heavy atom. The van der Waals surface area contributed by atoms with E-state index < -0.39 is 11.4 Å². The largest absolute Gasteiger partial charge is 0.480 e. The quantitative estimate of drug-likeness (QED) is 0.845. The first kappa shape index (κ1) is 13.6. The van der Waals surface area contributed by atoms with Gasteiger partial charge in [0.1, 0.15) is 5.41 Å². The Bertz CT molecular complexity index is 532. The van der Waals surface area contributed by atoms with Gasteiger partial charge in [-0.25, -0.2) is 0 Å². The molecule has 2 rings (SSSR count). The first-order valence-corrected chi connectivity index (χ1v) is 6.42. The maximum atomic E-state index is 12.2. The molecule has 1 fully saturated rings. The molecule has 0 atom stereocenters. The Kier molecular flexibility index (Phi) is 3.35. The number of hydrogen-bond donors (Lipinski definition) is 1. The number of rotatable bonds is 4. The molecule has 0 spiro atoms. The van der Waals surface area contributed by atoms with Crippen LogP contribution in [-0.2, 0) is 16.1 Å². The van der Waals surface area contributed by atoms with E-state index >= 15 is 0 Å². The maximum Gasteiger partial charge on any atom is 0.319 e. The van der Waals surface area contributed by atoms with E-state index in [9.17, 15) is 9.59 Å². The van der Waals surface area contributed by atoms with Gasteiger partial charge in [0.2, 0.25) is 5.91 Å². The summed E-state index contributed by atoms with van der Waals surface area (Å²) >= 11 is 0. The monoisotopic (exact) mass is 261 g/mol. The molecule has 0 aliphatic heterocycles. The number of aliphatic carboxylic acids is 1. The van der Waals surface area contributed by atoms with Crippen LogP contribution in [0.2, 0.25) is 0 Å². The fraction of sp³-hybridized carbons (Fsp3) is 0.467. The van der Waals surface area contributed by atoms with Gasteiger partial charge in [0.05, 0.1) is 0 Å². The molecular formula is C15H19NO3. The van der Waals surface area contributed by atoms with Crippen LogP contribution < -0.4 is 0 Å². The second-order valence-electron chi connectivity index (χ2n) is 5.47. The highest BCUT2D eigenvalue weighted by Crippen LogP contribution is 2.47. The van der Waals surface area contributed by atoms with Crippen molar-refractivity contribution in [2.75, 3.05) is 7.05 Å². The van der Waals surface area contributed by atoms with Crippen molar-refractivity contribution >= 4 is 11.9 Å². The van der Waals surface area contributed by atoms with Crippen LogP contribution in [0.15, 0.2) is 18.2 Å². The number of carboxylic acid groups (broad SMARTS) is 1. The van der Waals surface area contributed by atoms with Crippen LogP contribution in [0.3, 0.4) is 0 Å². The van der Waals surface area contributed by atoms with Gasteiger partial charge in [-0.2, -0.15) is 0 Å². The van der Waals surface area contributed by atoms with E-state index in [1.807, 2.05) is 32.0 Å². The highest BCUT2D eigenvalue weighted by Gasteiger charge is 2.58. The Hall–Kier alpha value is -1.84. The van der Waals surface area contributed by atoms with Crippen LogP contribution in [0, 0.1) is 19.3 Å². The summed E-state index contributed by atoms with van der Waals surface area (Å²) < 4.78 is 0. The lowest BCUT2D eigenvalue weighted by molar-refractivity contribution is -0.153.